The molecule has 9 heteroatoms. The Labute approximate surface area is 192 Å². The minimum Gasteiger partial charge on any atom is -0.495 e. The van der Waals surface area contributed by atoms with Crippen molar-refractivity contribution in [1.82, 2.24) is 9.97 Å². The van der Waals surface area contributed by atoms with Gasteiger partial charge >= 0.3 is 5.97 Å². The number of carbonyl (C=O) groups is 1. The number of benzene rings is 2. The van der Waals surface area contributed by atoms with E-state index in [2.05, 4.69) is 15.3 Å². The van der Waals surface area contributed by atoms with Gasteiger partial charge in [-0.05, 0) is 48.0 Å². The molecule has 0 radical (unpaired) electrons. The summed E-state index contributed by atoms with van der Waals surface area (Å²) in [7, 11) is 1.44. The van der Waals surface area contributed by atoms with Crippen LogP contribution in [0.25, 0.3) is 10.9 Å². The first-order valence-corrected chi connectivity index (χ1v) is 10.3. The van der Waals surface area contributed by atoms with E-state index in [9.17, 15) is 14.7 Å². The maximum absolute atomic E-state index is 12.6. The van der Waals surface area contributed by atoms with Crippen LogP contribution >= 0.6 is 23.2 Å². The molecule has 3 N–H and O–H groups in total. The number of halogens is 2. The van der Waals surface area contributed by atoms with E-state index in [4.69, 9.17) is 27.9 Å². The fourth-order valence-electron chi connectivity index (χ4n) is 3.39. The molecular formula is C23H17Cl2N3O4. The standard InChI is InChI=1S/C23H17Cl2N3O4/c1-32-20-9-12(23(30)31)5-6-17(20)28-19-11-13(10-14-15(24)3-2-4-16(14)25)27-18-7-8-26-22(29)21(18)19/h2-9,11H,10H2,1H3,(H,26,29)(H,27,28)(H,30,31). The lowest BCUT2D eigenvalue weighted by molar-refractivity contribution is 0.0696. The Bertz CT molecular complexity index is 1380. The van der Waals surface area contributed by atoms with Crippen LogP contribution in [0.15, 0.2) is 59.5 Å². The van der Waals surface area contributed by atoms with Gasteiger partial charge in [-0.15, -0.1) is 0 Å². The average Bonchev–Trinajstić information content (AvgIpc) is 2.76. The number of pyridine rings is 2. The second-order valence-corrected chi connectivity index (χ2v) is 7.76. The first kappa shape index (κ1) is 21.7. The zero-order valence-electron chi connectivity index (χ0n) is 16.8. The number of hydrogen-bond donors (Lipinski definition) is 3. The summed E-state index contributed by atoms with van der Waals surface area (Å²) in [4.78, 5) is 31.1. The number of hydrogen-bond acceptors (Lipinski definition) is 5. The molecule has 4 rings (SSSR count). The molecule has 2 aromatic heterocycles. The predicted molar refractivity (Wildman–Crippen MR) is 125 cm³/mol. The lowest BCUT2D eigenvalue weighted by Gasteiger charge is -2.15. The van der Waals surface area contributed by atoms with Gasteiger partial charge < -0.3 is 20.1 Å². The number of carboxylic acid groups (broad SMARTS) is 1. The van der Waals surface area contributed by atoms with E-state index in [-0.39, 0.29) is 11.1 Å². The van der Waals surface area contributed by atoms with Crippen LogP contribution < -0.4 is 15.6 Å². The van der Waals surface area contributed by atoms with Gasteiger partial charge in [-0.1, -0.05) is 29.3 Å². The summed E-state index contributed by atoms with van der Waals surface area (Å²) in [6, 6.07) is 13.1. The van der Waals surface area contributed by atoms with Crippen molar-refractivity contribution in [3.8, 4) is 5.75 Å². The van der Waals surface area contributed by atoms with Crippen LogP contribution in [0.2, 0.25) is 10.0 Å². The predicted octanol–water partition coefficient (Wildman–Crippen LogP) is 5.27. The number of ether oxygens (including phenoxy) is 1. The van der Waals surface area contributed by atoms with Gasteiger partial charge in [0.25, 0.3) is 5.56 Å². The van der Waals surface area contributed by atoms with Gasteiger partial charge in [0, 0.05) is 28.4 Å². The number of H-pyrrole nitrogens is 1. The Kier molecular flexibility index (Phi) is 6.03. The van der Waals surface area contributed by atoms with E-state index >= 15 is 0 Å². The van der Waals surface area contributed by atoms with E-state index in [0.29, 0.717) is 50.2 Å². The Morgan fingerprint density at radius 3 is 2.56 bits per heavy atom. The molecule has 0 amide bonds. The molecule has 0 bridgehead atoms. The summed E-state index contributed by atoms with van der Waals surface area (Å²) in [6.45, 7) is 0. The van der Waals surface area contributed by atoms with E-state index in [1.807, 2.05) is 0 Å². The molecule has 0 spiro atoms. The van der Waals surface area contributed by atoms with Crippen molar-refractivity contribution in [2.24, 2.45) is 0 Å². The van der Waals surface area contributed by atoms with Gasteiger partial charge in [0.2, 0.25) is 0 Å². The zero-order valence-corrected chi connectivity index (χ0v) is 18.3. The third-order valence-corrected chi connectivity index (χ3v) is 5.63. The number of aromatic nitrogens is 2. The molecule has 2 heterocycles. The summed E-state index contributed by atoms with van der Waals surface area (Å²) in [5.41, 5.74) is 2.59. The van der Waals surface area contributed by atoms with E-state index < -0.39 is 5.97 Å². The summed E-state index contributed by atoms with van der Waals surface area (Å²) in [5.74, 6) is -0.752. The fourth-order valence-corrected chi connectivity index (χ4v) is 3.92. The van der Waals surface area contributed by atoms with Gasteiger partial charge in [-0.25, -0.2) is 4.79 Å². The second-order valence-electron chi connectivity index (χ2n) is 6.95. The average molecular weight is 470 g/mol. The van der Waals surface area contributed by atoms with Gasteiger partial charge in [-0.3, -0.25) is 9.78 Å². The van der Waals surface area contributed by atoms with Crippen molar-refractivity contribution in [2.45, 2.75) is 6.42 Å². The number of anilines is 2. The molecule has 7 nitrogen and oxygen atoms in total. The molecule has 0 saturated carbocycles. The van der Waals surface area contributed by atoms with Crippen LogP contribution in [-0.4, -0.2) is 28.2 Å². The lowest BCUT2D eigenvalue weighted by atomic mass is 10.1. The maximum atomic E-state index is 12.6. The zero-order chi connectivity index (χ0) is 22.8. The topological polar surface area (TPSA) is 104 Å². The van der Waals surface area contributed by atoms with Crippen LogP contribution in [0.4, 0.5) is 11.4 Å². The van der Waals surface area contributed by atoms with Crippen LogP contribution in [0, 0.1) is 0 Å². The second kappa shape index (κ2) is 8.90. The first-order valence-electron chi connectivity index (χ1n) is 9.50. The quantitative estimate of drug-likeness (QED) is 0.355. The fraction of sp³-hybridized carbons (Fsp3) is 0.0870. The molecule has 0 aliphatic carbocycles. The normalized spacial score (nSPS) is 10.8. The smallest absolute Gasteiger partial charge is 0.335 e. The largest absolute Gasteiger partial charge is 0.495 e. The van der Waals surface area contributed by atoms with E-state index in [1.54, 1.807) is 36.4 Å². The number of nitrogens with one attached hydrogen (secondary N) is 2. The summed E-state index contributed by atoms with van der Waals surface area (Å²) in [6.07, 6.45) is 1.88. The minimum atomic E-state index is -1.07. The number of fused-ring (bicyclic) bond motifs is 1. The highest BCUT2D eigenvalue weighted by molar-refractivity contribution is 6.36. The number of aromatic carboxylic acids is 1. The number of carboxylic acids is 1. The van der Waals surface area contributed by atoms with E-state index in [0.717, 1.165) is 5.56 Å². The molecule has 0 fully saturated rings. The van der Waals surface area contributed by atoms with Gasteiger partial charge in [0.1, 0.15) is 5.75 Å². The molecule has 0 aliphatic rings. The van der Waals surface area contributed by atoms with Gasteiger partial charge in [-0.2, -0.15) is 0 Å². The van der Waals surface area contributed by atoms with Crippen LogP contribution in [-0.2, 0) is 6.42 Å². The Morgan fingerprint density at radius 2 is 1.88 bits per heavy atom. The molecule has 0 saturated heterocycles. The summed E-state index contributed by atoms with van der Waals surface area (Å²) in [5, 5.41) is 13.8. The monoisotopic (exact) mass is 469 g/mol. The molecule has 0 unspecified atom stereocenters. The maximum Gasteiger partial charge on any atom is 0.335 e. The van der Waals surface area contributed by atoms with Crippen LogP contribution in [0.3, 0.4) is 0 Å². The number of rotatable bonds is 6. The van der Waals surface area contributed by atoms with Crippen LogP contribution in [0.5, 0.6) is 5.75 Å². The molecular weight excluding hydrogens is 453 g/mol. The molecule has 162 valence electrons. The SMILES string of the molecule is COc1cc(C(=O)O)ccc1Nc1cc(Cc2c(Cl)cccc2Cl)nc2cc[nH]c(=O)c12. The summed E-state index contributed by atoms with van der Waals surface area (Å²) < 4.78 is 5.35. The van der Waals surface area contributed by atoms with E-state index in [1.165, 1.54) is 25.4 Å². The number of nitrogens with zero attached hydrogens (tertiary/aromatic N) is 1. The Morgan fingerprint density at radius 1 is 1.12 bits per heavy atom. The van der Waals surface area contributed by atoms with Crippen molar-refractivity contribution < 1.29 is 14.6 Å². The molecule has 0 aliphatic heterocycles. The van der Waals surface area contributed by atoms with Crippen molar-refractivity contribution in [1.29, 1.82) is 0 Å². The highest BCUT2D eigenvalue weighted by atomic mass is 35.5. The van der Waals surface area contributed by atoms with Crippen LogP contribution in [0.1, 0.15) is 21.6 Å². The highest BCUT2D eigenvalue weighted by Crippen LogP contribution is 2.33. The number of aromatic amines is 1. The Hall–Kier alpha value is -3.55. The molecule has 4 aromatic rings. The van der Waals surface area contributed by atoms with Gasteiger partial charge in [0.15, 0.2) is 0 Å². The first-order chi connectivity index (χ1) is 15.4. The Balaban J connectivity index is 1.83. The van der Waals surface area contributed by atoms with Crippen molar-refractivity contribution in [2.75, 3.05) is 12.4 Å². The number of methoxy groups -OCH3 is 1. The third kappa shape index (κ3) is 4.26. The molecule has 0 atom stereocenters. The van der Waals surface area contributed by atoms with Crippen molar-refractivity contribution >= 4 is 51.4 Å². The lowest BCUT2D eigenvalue weighted by Crippen LogP contribution is -2.10. The highest BCUT2D eigenvalue weighted by Gasteiger charge is 2.15. The van der Waals surface area contributed by atoms with Crippen molar-refractivity contribution in [3.63, 3.8) is 0 Å². The molecule has 2 aromatic carbocycles. The van der Waals surface area contributed by atoms with Crippen molar-refractivity contribution in [3.05, 3.63) is 91.9 Å². The third-order valence-electron chi connectivity index (χ3n) is 4.92. The minimum absolute atomic E-state index is 0.0823. The van der Waals surface area contributed by atoms with Gasteiger partial charge in [0.05, 0.1) is 35.0 Å². The molecule has 32 heavy (non-hydrogen) atoms. The summed E-state index contributed by atoms with van der Waals surface area (Å²) >= 11 is 12.7.